The molecule has 1 rings (SSSR count). The number of nitrogens with one attached hydrogen (secondary N) is 2. The molecule has 12 heavy (non-hydrogen) atoms. The Morgan fingerprint density at radius 1 is 0.833 bits per heavy atom. The van der Waals surface area contributed by atoms with Gasteiger partial charge in [0.05, 0.1) is 23.4 Å². The second-order valence-electron chi connectivity index (χ2n) is 1.96. The van der Waals surface area contributed by atoms with Gasteiger partial charge in [0, 0.05) is 0 Å². The first-order chi connectivity index (χ1) is 5.86. The van der Waals surface area contributed by atoms with Crippen LogP contribution in [0.4, 0.5) is 11.4 Å². The molecular weight excluding hydrogens is 152 g/mol. The van der Waals surface area contributed by atoms with Crippen molar-refractivity contribution in [3.63, 3.8) is 0 Å². The predicted molar refractivity (Wildman–Crippen MR) is 46.1 cm³/mol. The van der Waals surface area contributed by atoms with E-state index in [9.17, 15) is 0 Å². The largest absolute Gasteiger partial charge is 0.241 e. The SMILES string of the molecule is N=C=Nc1ccc(N=C=N)cc1. The molecule has 58 valence electrons. The highest BCUT2D eigenvalue weighted by atomic mass is 14.7. The van der Waals surface area contributed by atoms with Crippen molar-refractivity contribution >= 4 is 23.4 Å². The average molecular weight is 158 g/mol. The van der Waals surface area contributed by atoms with Crippen molar-refractivity contribution in [2.75, 3.05) is 0 Å². The molecule has 0 amide bonds. The highest BCUT2D eigenvalue weighted by Crippen LogP contribution is 2.17. The van der Waals surface area contributed by atoms with Crippen molar-refractivity contribution in [3.05, 3.63) is 24.3 Å². The van der Waals surface area contributed by atoms with Crippen molar-refractivity contribution in [1.82, 2.24) is 0 Å². The van der Waals surface area contributed by atoms with Crippen molar-refractivity contribution in [3.8, 4) is 0 Å². The van der Waals surface area contributed by atoms with E-state index in [4.69, 9.17) is 10.8 Å². The number of nitrogens with zero attached hydrogens (tertiary/aromatic N) is 2. The van der Waals surface area contributed by atoms with Crippen molar-refractivity contribution in [2.45, 2.75) is 0 Å². The maximum Gasteiger partial charge on any atom is 0.0918 e. The molecule has 0 atom stereocenters. The van der Waals surface area contributed by atoms with E-state index >= 15 is 0 Å². The number of rotatable bonds is 2. The lowest BCUT2D eigenvalue weighted by molar-refractivity contribution is 1.45. The van der Waals surface area contributed by atoms with Crippen LogP contribution in [0.25, 0.3) is 0 Å². The number of aliphatic imine (C=N–C) groups is 2. The van der Waals surface area contributed by atoms with E-state index in [-0.39, 0.29) is 0 Å². The molecule has 0 spiro atoms. The molecule has 2 N–H and O–H groups in total. The monoisotopic (exact) mass is 158 g/mol. The van der Waals surface area contributed by atoms with Gasteiger partial charge in [0.25, 0.3) is 0 Å². The lowest BCUT2D eigenvalue weighted by atomic mass is 10.3. The smallest absolute Gasteiger partial charge is 0.0918 e. The highest BCUT2D eigenvalue weighted by Gasteiger charge is 1.88. The summed E-state index contributed by atoms with van der Waals surface area (Å²) in [7, 11) is 0. The van der Waals surface area contributed by atoms with Crippen LogP contribution in [0.3, 0.4) is 0 Å². The molecule has 0 aromatic heterocycles. The molecule has 0 aliphatic rings. The second kappa shape index (κ2) is 3.98. The van der Waals surface area contributed by atoms with Gasteiger partial charge >= 0.3 is 0 Å². The Labute approximate surface area is 69.3 Å². The van der Waals surface area contributed by atoms with Gasteiger partial charge in [0.15, 0.2) is 0 Å². The van der Waals surface area contributed by atoms with Crippen molar-refractivity contribution < 1.29 is 0 Å². The van der Waals surface area contributed by atoms with Crippen LogP contribution in [0.5, 0.6) is 0 Å². The summed E-state index contributed by atoms with van der Waals surface area (Å²) in [6.45, 7) is 0. The first-order valence-electron chi connectivity index (χ1n) is 3.22. The van der Waals surface area contributed by atoms with E-state index < -0.39 is 0 Å². The molecule has 0 saturated carbocycles. The third-order valence-corrected chi connectivity index (χ3v) is 1.22. The first-order valence-corrected chi connectivity index (χ1v) is 3.22. The van der Waals surface area contributed by atoms with Crippen LogP contribution in [0.15, 0.2) is 34.3 Å². The molecule has 0 radical (unpaired) electrons. The third kappa shape index (κ3) is 1.99. The summed E-state index contributed by atoms with van der Waals surface area (Å²) in [5, 5.41) is 13.2. The minimum atomic E-state index is 0.647. The van der Waals surface area contributed by atoms with E-state index in [1.54, 1.807) is 24.3 Å². The Morgan fingerprint density at radius 2 is 1.17 bits per heavy atom. The first kappa shape index (κ1) is 8.08. The number of benzene rings is 1. The molecule has 0 aliphatic heterocycles. The second-order valence-corrected chi connectivity index (χ2v) is 1.96. The van der Waals surface area contributed by atoms with Crippen LogP contribution in [0.2, 0.25) is 0 Å². The minimum absolute atomic E-state index is 0.647. The molecule has 1 aromatic rings. The van der Waals surface area contributed by atoms with E-state index in [0.29, 0.717) is 11.4 Å². The van der Waals surface area contributed by atoms with Gasteiger partial charge in [-0.3, -0.25) is 0 Å². The standard InChI is InChI=1S/C8H6N4/c9-5-11-7-1-2-8(4-3-7)12-6-10/h1-4,9-10H. The Balaban J connectivity index is 2.99. The molecule has 0 unspecified atom stereocenters. The molecule has 0 saturated heterocycles. The van der Waals surface area contributed by atoms with E-state index in [1.807, 2.05) is 12.0 Å². The number of hydrogen-bond acceptors (Lipinski definition) is 4. The van der Waals surface area contributed by atoms with Crippen LogP contribution in [0.1, 0.15) is 0 Å². The van der Waals surface area contributed by atoms with Gasteiger partial charge < -0.3 is 0 Å². The van der Waals surface area contributed by atoms with Gasteiger partial charge in [-0.2, -0.15) is 9.98 Å². The van der Waals surface area contributed by atoms with Crippen molar-refractivity contribution in [2.24, 2.45) is 9.98 Å². The highest BCUT2D eigenvalue weighted by molar-refractivity contribution is 5.56. The fourth-order valence-electron chi connectivity index (χ4n) is 0.731. The van der Waals surface area contributed by atoms with E-state index in [2.05, 4.69) is 9.98 Å². The Kier molecular flexibility index (Phi) is 2.68. The van der Waals surface area contributed by atoms with Crippen molar-refractivity contribution in [1.29, 1.82) is 10.8 Å². The van der Waals surface area contributed by atoms with E-state index in [0.717, 1.165) is 0 Å². The predicted octanol–water partition coefficient (Wildman–Crippen LogP) is 2.45. The fourth-order valence-corrected chi connectivity index (χ4v) is 0.731. The van der Waals surface area contributed by atoms with Crippen LogP contribution >= 0.6 is 0 Å². The molecule has 1 aromatic carbocycles. The Bertz CT molecular complexity index is 316. The van der Waals surface area contributed by atoms with Crippen LogP contribution in [-0.2, 0) is 0 Å². The molecule has 0 fully saturated rings. The summed E-state index contributed by atoms with van der Waals surface area (Å²) in [5.41, 5.74) is 1.29. The van der Waals surface area contributed by atoms with Crippen LogP contribution in [0, 0.1) is 10.8 Å². The number of hydrogen-bond donors (Lipinski definition) is 2. The van der Waals surface area contributed by atoms with Crippen LogP contribution < -0.4 is 0 Å². The van der Waals surface area contributed by atoms with Gasteiger partial charge in [0.2, 0.25) is 0 Å². The van der Waals surface area contributed by atoms with Gasteiger partial charge in [-0.05, 0) is 24.3 Å². The summed E-state index contributed by atoms with van der Waals surface area (Å²) in [6, 6.07) is 10.6. The summed E-state index contributed by atoms with van der Waals surface area (Å²) < 4.78 is 0. The van der Waals surface area contributed by atoms with Gasteiger partial charge in [0.1, 0.15) is 0 Å². The summed E-state index contributed by atoms with van der Waals surface area (Å²) in [6.07, 6.45) is 0. The van der Waals surface area contributed by atoms with Crippen LogP contribution in [-0.4, -0.2) is 12.0 Å². The molecule has 4 heteroatoms. The quantitative estimate of drug-likeness (QED) is 0.620. The average Bonchev–Trinajstić information content (AvgIpc) is 2.09. The fraction of sp³-hybridized carbons (Fsp3) is 0. The van der Waals surface area contributed by atoms with Gasteiger partial charge in [-0.15, -0.1) is 0 Å². The van der Waals surface area contributed by atoms with E-state index in [1.165, 1.54) is 0 Å². The molecule has 0 aliphatic carbocycles. The normalized spacial score (nSPS) is 8.00. The summed E-state index contributed by atoms with van der Waals surface area (Å²) in [5.74, 6) is 0. The molecule has 4 nitrogen and oxygen atoms in total. The maximum atomic E-state index is 6.59. The topological polar surface area (TPSA) is 72.4 Å². The summed E-state index contributed by atoms with van der Waals surface area (Å²) >= 11 is 0. The summed E-state index contributed by atoms with van der Waals surface area (Å²) in [4.78, 5) is 7.23. The maximum absolute atomic E-state index is 6.59. The minimum Gasteiger partial charge on any atom is -0.241 e. The lowest BCUT2D eigenvalue weighted by Gasteiger charge is -1.90. The zero-order valence-electron chi connectivity index (χ0n) is 6.20. The molecule has 0 bridgehead atoms. The zero-order valence-corrected chi connectivity index (χ0v) is 6.20. The zero-order chi connectivity index (χ0) is 8.81. The Morgan fingerprint density at radius 3 is 1.42 bits per heavy atom. The third-order valence-electron chi connectivity index (χ3n) is 1.22. The lowest BCUT2D eigenvalue weighted by Crippen LogP contribution is -1.64. The molecule has 0 heterocycles. The van der Waals surface area contributed by atoms with Gasteiger partial charge in [-0.1, -0.05) is 0 Å². The van der Waals surface area contributed by atoms with Gasteiger partial charge in [-0.25, -0.2) is 10.8 Å². The molecular formula is C8H6N4. The Hall–Kier alpha value is -2.02.